The Hall–Kier alpha value is -3.30. The van der Waals surface area contributed by atoms with Crippen molar-refractivity contribution in [2.45, 2.75) is 63.3 Å². The van der Waals surface area contributed by atoms with Crippen LogP contribution in [0.1, 0.15) is 56.4 Å². The van der Waals surface area contributed by atoms with Crippen molar-refractivity contribution in [1.82, 2.24) is 9.78 Å². The molecule has 2 unspecified atom stereocenters. The Kier molecular flexibility index (Phi) is 6.55. The molecule has 1 aliphatic carbocycles. The van der Waals surface area contributed by atoms with Gasteiger partial charge in [-0.05, 0) is 30.2 Å². The number of hydrogen-bond acceptors (Lipinski definition) is 5. The molecule has 2 aromatic carbocycles. The number of rotatable bonds is 6. The first kappa shape index (κ1) is 26.3. The highest BCUT2D eigenvalue weighted by Crippen LogP contribution is 2.53. The molecule has 9 heteroatoms. The summed E-state index contributed by atoms with van der Waals surface area (Å²) >= 11 is 0. The Labute approximate surface area is 219 Å². The number of para-hydroxylation sites is 2. The number of aromatic nitrogens is 2. The van der Waals surface area contributed by atoms with Crippen LogP contribution in [0.2, 0.25) is 0 Å². The van der Waals surface area contributed by atoms with Gasteiger partial charge in [0.2, 0.25) is 5.88 Å². The van der Waals surface area contributed by atoms with Gasteiger partial charge >= 0.3 is 6.18 Å². The number of unbranched alkanes of at least 4 members (excludes halogenated alkanes) is 1. The van der Waals surface area contributed by atoms with Crippen molar-refractivity contribution in [2.24, 2.45) is 5.92 Å². The van der Waals surface area contributed by atoms with E-state index < -0.39 is 52.8 Å². The van der Waals surface area contributed by atoms with Crippen molar-refractivity contribution < 1.29 is 28.5 Å². The lowest BCUT2D eigenvalue weighted by atomic mass is 9.64. The Morgan fingerprint density at radius 2 is 1.63 bits per heavy atom. The van der Waals surface area contributed by atoms with Crippen LogP contribution < -0.4 is 4.90 Å². The molecule has 1 fully saturated rings. The number of aromatic hydroxyl groups is 1. The zero-order valence-corrected chi connectivity index (χ0v) is 21.5. The monoisotopic (exact) mass is 527 g/mol. The molecule has 1 aliphatic heterocycles. The maximum Gasteiger partial charge on any atom is 0.435 e. The predicted molar refractivity (Wildman–Crippen MR) is 138 cm³/mol. The number of aliphatic hydroxyl groups excluding tert-OH is 2. The molecule has 5 rings (SSSR count). The molecule has 0 spiro atoms. The average Bonchev–Trinajstić information content (AvgIpc) is 3.33. The summed E-state index contributed by atoms with van der Waals surface area (Å²) < 4.78 is 42.8. The highest BCUT2D eigenvalue weighted by atomic mass is 19.4. The number of hydrogen-bond donors (Lipinski definition) is 3. The molecule has 1 saturated carbocycles. The molecule has 202 valence electrons. The molecule has 6 nitrogen and oxygen atoms in total. The largest absolute Gasteiger partial charge is 0.493 e. The predicted octanol–water partition coefficient (Wildman–Crippen LogP) is 5.51. The quantitative estimate of drug-likeness (QED) is 0.394. The Morgan fingerprint density at radius 3 is 2.26 bits per heavy atom. The van der Waals surface area contributed by atoms with E-state index in [-0.39, 0.29) is 5.69 Å². The summed E-state index contributed by atoms with van der Waals surface area (Å²) in [5.74, 6) is -2.90. The van der Waals surface area contributed by atoms with E-state index in [0.29, 0.717) is 0 Å². The van der Waals surface area contributed by atoms with Crippen LogP contribution in [0.25, 0.3) is 5.69 Å². The highest BCUT2D eigenvalue weighted by molar-refractivity contribution is 5.70. The zero-order valence-electron chi connectivity index (χ0n) is 21.5. The molecular formula is C29H32F3N3O3. The average molecular weight is 528 g/mol. The summed E-state index contributed by atoms with van der Waals surface area (Å²) in [6, 6.07) is 16.0. The van der Waals surface area contributed by atoms with Crippen LogP contribution in [0.5, 0.6) is 5.88 Å². The minimum atomic E-state index is -4.89. The molecular weight excluding hydrogens is 495 g/mol. The fourth-order valence-corrected chi connectivity index (χ4v) is 5.84. The number of fused-ring (bicyclic) bond motifs is 1. The molecule has 0 saturated heterocycles. The van der Waals surface area contributed by atoms with E-state index in [1.807, 2.05) is 18.2 Å². The number of benzene rings is 2. The molecule has 3 N–H and O–H groups in total. The Balaban J connectivity index is 1.53. The van der Waals surface area contributed by atoms with Crippen LogP contribution in [0.3, 0.4) is 0 Å². The summed E-state index contributed by atoms with van der Waals surface area (Å²) in [6.07, 6.45) is -3.86. The fourth-order valence-electron chi connectivity index (χ4n) is 5.84. The molecule has 1 aromatic heterocycles. The van der Waals surface area contributed by atoms with Gasteiger partial charge in [-0.3, -0.25) is 0 Å². The molecule has 0 amide bonds. The first-order valence-corrected chi connectivity index (χ1v) is 12.9. The standard InChI is InChI=1S/C29H32F3N3O3/c1-4-5-15-34-20-14-10-9-13-19(20)28(2,3)21(34)16-18-24(36)22(25(18)37)23-26(29(30,31)32)33-35(27(23)38)17-11-7-6-8-12-17/h6-14,16,18,22,24-25,36-38H,4-5,15H2,1-3H3. The van der Waals surface area contributed by atoms with Gasteiger partial charge in [-0.1, -0.05) is 69.7 Å². The van der Waals surface area contributed by atoms with E-state index in [0.717, 1.165) is 41.0 Å². The van der Waals surface area contributed by atoms with E-state index >= 15 is 0 Å². The second-order valence-corrected chi connectivity index (χ2v) is 10.6. The number of allylic oxidation sites excluding steroid dienone is 1. The van der Waals surface area contributed by atoms with Crippen molar-refractivity contribution in [2.75, 3.05) is 11.4 Å². The van der Waals surface area contributed by atoms with Crippen LogP contribution >= 0.6 is 0 Å². The van der Waals surface area contributed by atoms with E-state index in [1.165, 1.54) is 12.1 Å². The Morgan fingerprint density at radius 1 is 1.00 bits per heavy atom. The van der Waals surface area contributed by atoms with Gasteiger partial charge < -0.3 is 20.2 Å². The van der Waals surface area contributed by atoms with Gasteiger partial charge in [0, 0.05) is 35.2 Å². The van der Waals surface area contributed by atoms with E-state index in [2.05, 4.69) is 36.8 Å². The van der Waals surface area contributed by atoms with Gasteiger partial charge in [0.1, 0.15) is 0 Å². The highest BCUT2D eigenvalue weighted by Gasteiger charge is 2.55. The number of alkyl halides is 3. The second kappa shape index (κ2) is 9.47. The number of anilines is 1. The van der Waals surface area contributed by atoms with E-state index in [1.54, 1.807) is 24.3 Å². The van der Waals surface area contributed by atoms with E-state index in [4.69, 9.17) is 0 Å². The minimum absolute atomic E-state index is 0.237. The Bertz CT molecular complexity index is 1340. The fraction of sp³-hybridized carbons (Fsp3) is 0.414. The molecule has 2 atom stereocenters. The third-order valence-electron chi connectivity index (χ3n) is 7.91. The molecule has 3 aromatic rings. The molecule has 38 heavy (non-hydrogen) atoms. The van der Waals surface area contributed by atoms with Crippen LogP contribution in [-0.4, -0.2) is 43.9 Å². The molecule has 0 radical (unpaired) electrons. The van der Waals surface area contributed by atoms with Gasteiger partial charge in [0.25, 0.3) is 0 Å². The van der Waals surface area contributed by atoms with Crippen LogP contribution in [0.15, 0.2) is 66.4 Å². The lowest BCUT2D eigenvalue weighted by molar-refractivity contribution is -0.145. The first-order valence-electron chi connectivity index (χ1n) is 12.9. The summed E-state index contributed by atoms with van der Waals surface area (Å²) in [4.78, 5) is 2.18. The number of nitrogens with zero attached hydrogens (tertiary/aromatic N) is 3. The van der Waals surface area contributed by atoms with Gasteiger partial charge in [-0.25, -0.2) is 4.68 Å². The summed E-state index contributed by atoms with van der Waals surface area (Å²) in [5.41, 5.74) is 0.974. The van der Waals surface area contributed by atoms with Gasteiger partial charge in [-0.2, -0.15) is 18.3 Å². The van der Waals surface area contributed by atoms with Crippen molar-refractivity contribution in [3.63, 3.8) is 0 Å². The van der Waals surface area contributed by atoms with Crippen LogP contribution in [-0.2, 0) is 11.6 Å². The SMILES string of the molecule is CCCCN1C(=CC2C(O)C(c3c(C(F)(F)F)nn(-c4ccccc4)c3O)C2O)C(C)(C)c2ccccc21. The van der Waals surface area contributed by atoms with Gasteiger partial charge in [0.05, 0.1) is 23.5 Å². The van der Waals surface area contributed by atoms with Crippen LogP contribution in [0.4, 0.5) is 18.9 Å². The lowest BCUT2D eigenvalue weighted by Gasteiger charge is -2.46. The van der Waals surface area contributed by atoms with Gasteiger partial charge in [0.15, 0.2) is 5.69 Å². The summed E-state index contributed by atoms with van der Waals surface area (Å²) in [7, 11) is 0. The van der Waals surface area contributed by atoms with Crippen LogP contribution in [0, 0.1) is 5.92 Å². The smallest absolute Gasteiger partial charge is 0.435 e. The van der Waals surface area contributed by atoms with Crippen molar-refractivity contribution >= 4 is 5.69 Å². The van der Waals surface area contributed by atoms with E-state index in [9.17, 15) is 28.5 Å². The number of halogens is 3. The molecule has 0 bridgehead atoms. The third-order valence-corrected chi connectivity index (χ3v) is 7.91. The normalized spacial score (nSPS) is 25.5. The molecule has 2 heterocycles. The topological polar surface area (TPSA) is 81.8 Å². The van der Waals surface area contributed by atoms with Crippen molar-refractivity contribution in [3.05, 3.63) is 83.2 Å². The second-order valence-electron chi connectivity index (χ2n) is 10.6. The maximum absolute atomic E-state index is 14.0. The van der Waals surface area contributed by atoms with Crippen molar-refractivity contribution in [1.29, 1.82) is 0 Å². The number of aliphatic hydroxyl groups is 2. The summed E-state index contributed by atoms with van der Waals surface area (Å²) in [6.45, 7) is 6.97. The third kappa shape index (κ3) is 4.08. The van der Waals surface area contributed by atoms with Gasteiger partial charge in [-0.15, -0.1) is 0 Å². The summed E-state index contributed by atoms with van der Waals surface area (Å²) in [5, 5.41) is 36.8. The first-order chi connectivity index (χ1) is 18.0. The zero-order chi connectivity index (χ0) is 27.4. The maximum atomic E-state index is 14.0. The lowest BCUT2D eigenvalue weighted by Crippen LogP contribution is -2.53. The molecule has 2 aliphatic rings. The minimum Gasteiger partial charge on any atom is -0.493 e. The van der Waals surface area contributed by atoms with Crippen molar-refractivity contribution in [3.8, 4) is 11.6 Å².